The van der Waals surface area contributed by atoms with Gasteiger partial charge in [-0.25, -0.2) is 4.39 Å². The first-order valence-electron chi connectivity index (χ1n) is 5.85. The minimum atomic E-state index is -4.66. The number of halogens is 4. The molecule has 5 heteroatoms. The summed E-state index contributed by atoms with van der Waals surface area (Å²) in [7, 11) is 0. The Morgan fingerprint density at radius 1 is 1.22 bits per heavy atom. The highest BCUT2D eigenvalue weighted by Crippen LogP contribution is 2.41. The van der Waals surface area contributed by atoms with Crippen molar-refractivity contribution in [3.8, 4) is 0 Å². The maximum atomic E-state index is 13.4. The van der Waals surface area contributed by atoms with E-state index in [0.717, 1.165) is 12.1 Å². The molecule has 0 bridgehead atoms. The summed E-state index contributed by atoms with van der Waals surface area (Å²) in [4.78, 5) is 0. The zero-order valence-electron chi connectivity index (χ0n) is 9.84. The maximum absolute atomic E-state index is 13.4. The van der Waals surface area contributed by atoms with Crippen molar-refractivity contribution < 1.29 is 22.7 Å². The molecule has 3 unspecified atom stereocenters. The summed E-state index contributed by atoms with van der Waals surface area (Å²) in [6, 6.07) is 3.04. The summed E-state index contributed by atoms with van der Waals surface area (Å²) in [5, 5.41) is 9.61. The predicted molar refractivity (Wildman–Crippen MR) is 58.5 cm³/mol. The highest BCUT2D eigenvalue weighted by atomic mass is 19.4. The molecule has 0 aromatic heterocycles. The van der Waals surface area contributed by atoms with E-state index < -0.39 is 23.7 Å². The van der Waals surface area contributed by atoms with Crippen molar-refractivity contribution in [3.05, 3.63) is 35.1 Å². The zero-order valence-corrected chi connectivity index (χ0v) is 9.84. The van der Waals surface area contributed by atoms with Gasteiger partial charge in [0.05, 0.1) is 11.7 Å². The molecule has 1 saturated carbocycles. The average molecular weight is 262 g/mol. The fourth-order valence-corrected chi connectivity index (χ4v) is 2.61. The Labute approximate surface area is 102 Å². The second kappa shape index (κ2) is 4.53. The van der Waals surface area contributed by atoms with Gasteiger partial charge in [-0.3, -0.25) is 0 Å². The van der Waals surface area contributed by atoms with E-state index in [1.807, 2.05) is 6.92 Å². The van der Waals surface area contributed by atoms with Crippen LogP contribution in [0.1, 0.15) is 36.8 Å². The second-order valence-corrected chi connectivity index (χ2v) is 4.85. The number of alkyl halides is 3. The average Bonchev–Trinajstić information content (AvgIpc) is 2.58. The summed E-state index contributed by atoms with van der Waals surface area (Å²) in [6.07, 6.45) is -3.84. The molecule has 1 N–H and O–H groups in total. The van der Waals surface area contributed by atoms with Gasteiger partial charge in [0, 0.05) is 0 Å². The van der Waals surface area contributed by atoms with Crippen LogP contribution in [-0.4, -0.2) is 11.2 Å². The Bertz CT molecular complexity index is 441. The first kappa shape index (κ1) is 13.3. The van der Waals surface area contributed by atoms with Crippen LogP contribution in [-0.2, 0) is 6.18 Å². The van der Waals surface area contributed by atoms with E-state index in [2.05, 4.69) is 0 Å². The normalized spacial score (nSPS) is 28.7. The van der Waals surface area contributed by atoms with Gasteiger partial charge < -0.3 is 5.11 Å². The Morgan fingerprint density at radius 2 is 1.89 bits per heavy atom. The topological polar surface area (TPSA) is 20.2 Å². The molecule has 0 heterocycles. The maximum Gasteiger partial charge on any atom is 0.419 e. The van der Waals surface area contributed by atoms with E-state index in [9.17, 15) is 22.7 Å². The molecule has 18 heavy (non-hydrogen) atoms. The quantitative estimate of drug-likeness (QED) is 0.765. The molecular weight excluding hydrogens is 248 g/mol. The summed E-state index contributed by atoms with van der Waals surface area (Å²) >= 11 is 0. The Kier molecular flexibility index (Phi) is 3.36. The van der Waals surface area contributed by atoms with Crippen LogP contribution in [0, 0.1) is 11.7 Å². The number of rotatable bonds is 1. The number of aliphatic hydroxyl groups excluding tert-OH is 1. The van der Waals surface area contributed by atoms with E-state index in [1.54, 1.807) is 0 Å². The molecule has 1 aromatic rings. The largest absolute Gasteiger partial charge is 0.419 e. The molecule has 0 saturated heterocycles. The minimum absolute atomic E-state index is 0.0545. The summed E-state index contributed by atoms with van der Waals surface area (Å²) in [5.41, 5.74) is -0.706. The highest BCUT2D eigenvalue weighted by Gasteiger charge is 2.36. The van der Waals surface area contributed by atoms with Crippen LogP contribution in [0.2, 0.25) is 0 Å². The van der Waals surface area contributed by atoms with E-state index in [4.69, 9.17) is 0 Å². The van der Waals surface area contributed by atoms with Gasteiger partial charge in [-0.2, -0.15) is 13.2 Å². The minimum Gasteiger partial charge on any atom is -0.393 e. The van der Waals surface area contributed by atoms with Crippen LogP contribution in [0.25, 0.3) is 0 Å². The van der Waals surface area contributed by atoms with Gasteiger partial charge >= 0.3 is 6.18 Å². The van der Waals surface area contributed by atoms with Gasteiger partial charge in [0.1, 0.15) is 5.82 Å². The third-order valence-corrected chi connectivity index (χ3v) is 3.74. The molecule has 1 aliphatic carbocycles. The predicted octanol–water partition coefficient (Wildman–Crippen LogP) is 3.72. The summed E-state index contributed by atoms with van der Waals surface area (Å²) in [6.45, 7) is 1.83. The highest BCUT2D eigenvalue weighted by molar-refractivity contribution is 5.30. The number of aliphatic hydroxyl groups is 1. The lowest BCUT2D eigenvalue weighted by Crippen LogP contribution is -2.15. The Hall–Kier alpha value is -1.10. The SMILES string of the molecule is CC1C(O)CCC1c1ccc(C(F)(F)F)c(F)c1. The molecule has 3 atom stereocenters. The van der Waals surface area contributed by atoms with Gasteiger partial charge in [0.2, 0.25) is 0 Å². The lowest BCUT2D eigenvalue weighted by molar-refractivity contribution is -0.140. The first-order valence-corrected chi connectivity index (χ1v) is 5.85. The fourth-order valence-electron chi connectivity index (χ4n) is 2.61. The molecule has 2 rings (SSSR count). The molecule has 1 nitrogen and oxygen atoms in total. The zero-order chi connectivity index (χ0) is 13.5. The third kappa shape index (κ3) is 2.36. The van der Waals surface area contributed by atoms with E-state index >= 15 is 0 Å². The molecular formula is C13H14F4O. The summed E-state index contributed by atoms with van der Waals surface area (Å²) in [5.74, 6) is -1.37. The van der Waals surface area contributed by atoms with Crippen LogP contribution >= 0.6 is 0 Å². The van der Waals surface area contributed by atoms with Crippen LogP contribution in [0.15, 0.2) is 18.2 Å². The first-order chi connectivity index (χ1) is 8.30. The molecule has 0 radical (unpaired) electrons. The molecule has 1 fully saturated rings. The van der Waals surface area contributed by atoms with Gasteiger partial charge in [-0.1, -0.05) is 13.0 Å². The Balaban J connectivity index is 2.30. The van der Waals surface area contributed by atoms with Crippen molar-refractivity contribution in [2.24, 2.45) is 5.92 Å². The van der Waals surface area contributed by atoms with Gasteiger partial charge in [0.25, 0.3) is 0 Å². The van der Waals surface area contributed by atoms with Crippen molar-refractivity contribution in [1.82, 2.24) is 0 Å². The van der Waals surface area contributed by atoms with Crippen molar-refractivity contribution in [3.63, 3.8) is 0 Å². The van der Waals surface area contributed by atoms with Crippen LogP contribution in [0.3, 0.4) is 0 Å². The lowest BCUT2D eigenvalue weighted by atomic mass is 9.89. The number of hydrogen-bond acceptors (Lipinski definition) is 1. The Morgan fingerprint density at radius 3 is 2.33 bits per heavy atom. The molecule has 0 aliphatic heterocycles. The summed E-state index contributed by atoms with van der Waals surface area (Å²) < 4.78 is 50.7. The molecule has 0 amide bonds. The molecule has 0 spiro atoms. The molecule has 1 aliphatic rings. The van der Waals surface area contributed by atoms with Crippen molar-refractivity contribution >= 4 is 0 Å². The second-order valence-electron chi connectivity index (χ2n) is 4.85. The number of hydrogen-bond donors (Lipinski definition) is 1. The van der Waals surface area contributed by atoms with E-state index in [0.29, 0.717) is 18.4 Å². The van der Waals surface area contributed by atoms with Gasteiger partial charge in [-0.05, 0) is 42.4 Å². The monoisotopic (exact) mass is 262 g/mol. The fraction of sp³-hybridized carbons (Fsp3) is 0.538. The lowest BCUT2D eigenvalue weighted by Gasteiger charge is -2.19. The van der Waals surface area contributed by atoms with Crippen LogP contribution < -0.4 is 0 Å². The van der Waals surface area contributed by atoms with Crippen LogP contribution in [0.5, 0.6) is 0 Å². The number of benzene rings is 1. The standard InChI is InChI=1S/C13H14F4O/c1-7-9(3-5-12(7)18)8-2-4-10(11(14)6-8)13(15,16)17/h2,4,6-7,9,12,18H,3,5H2,1H3. The van der Waals surface area contributed by atoms with Gasteiger partial charge in [-0.15, -0.1) is 0 Å². The molecule has 1 aromatic carbocycles. The van der Waals surface area contributed by atoms with E-state index in [1.165, 1.54) is 6.07 Å². The van der Waals surface area contributed by atoms with Gasteiger partial charge in [0.15, 0.2) is 0 Å². The third-order valence-electron chi connectivity index (χ3n) is 3.74. The molecule has 100 valence electrons. The van der Waals surface area contributed by atoms with E-state index in [-0.39, 0.29) is 11.8 Å². The van der Waals surface area contributed by atoms with Crippen molar-refractivity contribution in [1.29, 1.82) is 0 Å². The van der Waals surface area contributed by atoms with Crippen molar-refractivity contribution in [2.75, 3.05) is 0 Å². The van der Waals surface area contributed by atoms with Crippen molar-refractivity contribution in [2.45, 2.75) is 38.0 Å². The van der Waals surface area contributed by atoms with Crippen LogP contribution in [0.4, 0.5) is 17.6 Å². The smallest absolute Gasteiger partial charge is 0.393 e.